The monoisotopic (exact) mass is 250 g/mol. The van der Waals surface area contributed by atoms with Crippen LogP contribution in [-0.2, 0) is 18.9 Å². The van der Waals surface area contributed by atoms with Crippen LogP contribution in [0.3, 0.4) is 0 Å². The van der Waals surface area contributed by atoms with Gasteiger partial charge in [-0.1, -0.05) is 12.1 Å². The number of ether oxygens (including phenoxy) is 4. The van der Waals surface area contributed by atoms with Crippen LogP contribution < -0.4 is 0 Å². The van der Waals surface area contributed by atoms with Gasteiger partial charge in [-0.2, -0.15) is 0 Å². The largest absolute Gasteiger partial charge is 0.464 e. The lowest BCUT2D eigenvalue weighted by Gasteiger charge is -2.08. The molecule has 0 bridgehead atoms. The molecule has 0 amide bonds. The second-order valence-corrected chi connectivity index (χ2v) is 3.31. The van der Waals surface area contributed by atoms with Gasteiger partial charge in [0, 0.05) is 0 Å². The first-order valence-electron chi connectivity index (χ1n) is 5.03. The summed E-state index contributed by atoms with van der Waals surface area (Å²) in [5, 5.41) is 0. The van der Waals surface area contributed by atoms with Gasteiger partial charge in [0.1, 0.15) is 0 Å². The summed E-state index contributed by atoms with van der Waals surface area (Å²) in [7, 11) is 2.59. The molecule has 6 nitrogen and oxygen atoms in total. The summed E-state index contributed by atoms with van der Waals surface area (Å²) < 4.78 is 19.4. The van der Waals surface area contributed by atoms with Crippen LogP contribution in [0.2, 0.25) is 0 Å². The summed E-state index contributed by atoms with van der Waals surface area (Å²) in [6.45, 7) is 0. The highest BCUT2D eigenvalue weighted by Crippen LogP contribution is 2.22. The quantitative estimate of drug-likeness (QED) is 0.584. The standard InChI is InChI=1S/C12H10O6/c1-15-11(16-2)12-17-9(13)7-5-3-4-6-8(7)10(14)18-12/h3-6H,1-2H3. The summed E-state index contributed by atoms with van der Waals surface area (Å²) in [4.78, 5) is 23.6. The molecule has 1 aliphatic rings. The second-order valence-electron chi connectivity index (χ2n) is 3.31. The van der Waals surface area contributed by atoms with Gasteiger partial charge in [0.25, 0.3) is 0 Å². The average Bonchev–Trinajstić information content (AvgIpc) is 2.50. The number of hydrogen-bond donors (Lipinski definition) is 0. The number of fused-ring (bicyclic) bond motifs is 1. The highest BCUT2D eigenvalue weighted by molar-refractivity contribution is 6.04. The van der Waals surface area contributed by atoms with Crippen LogP contribution in [0.5, 0.6) is 0 Å². The van der Waals surface area contributed by atoms with Crippen molar-refractivity contribution < 1.29 is 28.5 Å². The van der Waals surface area contributed by atoms with Gasteiger partial charge in [-0.05, 0) is 12.1 Å². The fourth-order valence-corrected chi connectivity index (χ4v) is 1.47. The molecule has 0 aromatic heterocycles. The molecule has 1 heterocycles. The summed E-state index contributed by atoms with van der Waals surface area (Å²) in [6.07, 6.45) is 0. The van der Waals surface area contributed by atoms with Crippen LogP contribution in [0.1, 0.15) is 20.7 Å². The van der Waals surface area contributed by atoms with Crippen molar-refractivity contribution in [2.75, 3.05) is 14.2 Å². The molecule has 0 aliphatic carbocycles. The molecule has 0 atom stereocenters. The SMILES string of the molecule is COC(OC)=C1OC(=O)c2ccccc2C(=O)O1. The Kier molecular flexibility index (Phi) is 3.18. The number of rotatable bonds is 2. The Balaban J connectivity index is 2.48. The first-order chi connectivity index (χ1) is 8.67. The lowest BCUT2D eigenvalue weighted by molar-refractivity contribution is -0.00326. The van der Waals surface area contributed by atoms with Crippen LogP contribution in [0.15, 0.2) is 36.2 Å². The Labute approximate surface area is 103 Å². The first kappa shape index (κ1) is 12.0. The molecule has 0 fully saturated rings. The Morgan fingerprint density at radius 3 is 1.78 bits per heavy atom. The van der Waals surface area contributed by atoms with Gasteiger partial charge < -0.3 is 18.9 Å². The minimum absolute atomic E-state index is 0.129. The van der Waals surface area contributed by atoms with Gasteiger partial charge in [-0.15, -0.1) is 0 Å². The van der Waals surface area contributed by atoms with Crippen LogP contribution in [0.25, 0.3) is 0 Å². The maximum atomic E-state index is 11.8. The Morgan fingerprint density at radius 1 is 0.944 bits per heavy atom. The Hall–Kier alpha value is -2.50. The fraction of sp³-hybridized carbons (Fsp3) is 0.167. The minimum Gasteiger partial charge on any atom is -0.464 e. The molecule has 6 heteroatoms. The van der Waals surface area contributed by atoms with Crippen molar-refractivity contribution >= 4 is 11.9 Å². The van der Waals surface area contributed by atoms with Crippen molar-refractivity contribution in [3.8, 4) is 0 Å². The molecule has 1 aromatic carbocycles. The van der Waals surface area contributed by atoms with Gasteiger partial charge in [0.05, 0.1) is 25.3 Å². The highest BCUT2D eigenvalue weighted by Gasteiger charge is 2.30. The molecule has 1 aromatic rings. The van der Waals surface area contributed by atoms with E-state index in [0.717, 1.165) is 0 Å². The number of esters is 2. The molecule has 0 saturated heterocycles. The fourth-order valence-electron chi connectivity index (χ4n) is 1.47. The zero-order valence-electron chi connectivity index (χ0n) is 9.76. The van der Waals surface area contributed by atoms with Crippen LogP contribution in [0, 0.1) is 0 Å². The van der Waals surface area contributed by atoms with Crippen LogP contribution in [-0.4, -0.2) is 26.2 Å². The third kappa shape index (κ3) is 2.00. The lowest BCUT2D eigenvalue weighted by atomic mass is 10.1. The van der Waals surface area contributed by atoms with Gasteiger partial charge in [-0.3, -0.25) is 0 Å². The zero-order chi connectivity index (χ0) is 13.1. The first-order valence-corrected chi connectivity index (χ1v) is 5.03. The van der Waals surface area contributed by atoms with Gasteiger partial charge in [0.15, 0.2) is 0 Å². The van der Waals surface area contributed by atoms with Crippen molar-refractivity contribution in [3.05, 3.63) is 47.3 Å². The van der Waals surface area contributed by atoms with Crippen LogP contribution >= 0.6 is 0 Å². The van der Waals surface area contributed by atoms with Crippen molar-refractivity contribution in [1.29, 1.82) is 0 Å². The summed E-state index contributed by atoms with van der Waals surface area (Å²) in [5.74, 6) is -2.02. The van der Waals surface area contributed by atoms with E-state index in [2.05, 4.69) is 0 Å². The maximum absolute atomic E-state index is 11.8. The molecule has 18 heavy (non-hydrogen) atoms. The molecule has 0 unspecified atom stereocenters. The summed E-state index contributed by atoms with van der Waals surface area (Å²) in [6, 6.07) is 6.19. The third-order valence-corrected chi connectivity index (χ3v) is 2.28. The van der Waals surface area contributed by atoms with Crippen molar-refractivity contribution in [1.82, 2.24) is 0 Å². The van der Waals surface area contributed by atoms with Gasteiger partial charge in [-0.25, -0.2) is 9.59 Å². The number of benzene rings is 1. The topological polar surface area (TPSA) is 71.1 Å². The normalized spacial score (nSPS) is 14.0. The number of cyclic esters (lactones) is 2. The van der Waals surface area contributed by atoms with E-state index in [9.17, 15) is 9.59 Å². The molecule has 0 saturated carbocycles. The molecule has 0 spiro atoms. The predicted molar refractivity (Wildman–Crippen MR) is 58.3 cm³/mol. The minimum atomic E-state index is -0.710. The van der Waals surface area contributed by atoms with E-state index in [4.69, 9.17) is 18.9 Å². The Morgan fingerprint density at radius 2 is 1.39 bits per heavy atom. The Bertz CT molecular complexity index is 486. The lowest BCUT2D eigenvalue weighted by Crippen LogP contribution is -2.08. The molecule has 2 rings (SSSR count). The number of carbonyl (C=O) groups excluding carboxylic acids is 2. The third-order valence-electron chi connectivity index (χ3n) is 2.28. The molecule has 1 aliphatic heterocycles. The van der Waals surface area contributed by atoms with E-state index < -0.39 is 17.9 Å². The highest BCUT2D eigenvalue weighted by atomic mass is 16.7. The molecule has 0 N–H and O–H groups in total. The number of methoxy groups -OCH3 is 2. The molecular formula is C12H10O6. The van der Waals surface area contributed by atoms with E-state index in [1.54, 1.807) is 12.1 Å². The molecular weight excluding hydrogens is 240 g/mol. The summed E-state index contributed by atoms with van der Waals surface area (Å²) in [5.41, 5.74) is 0.258. The smallest absolute Gasteiger partial charge is 0.380 e. The van der Waals surface area contributed by atoms with E-state index in [1.165, 1.54) is 26.4 Å². The van der Waals surface area contributed by atoms with E-state index in [1.807, 2.05) is 0 Å². The molecule has 0 radical (unpaired) electrons. The second kappa shape index (κ2) is 4.79. The number of hydrogen-bond acceptors (Lipinski definition) is 6. The van der Waals surface area contributed by atoms with E-state index >= 15 is 0 Å². The number of carbonyl (C=O) groups is 2. The van der Waals surface area contributed by atoms with Crippen LogP contribution in [0.4, 0.5) is 0 Å². The van der Waals surface area contributed by atoms with Gasteiger partial charge >= 0.3 is 23.8 Å². The average molecular weight is 250 g/mol. The zero-order valence-corrected chi connectivity index (χ0v) is 9.76. The van der Waals surface area contributed by atoms with E-state index in [0.29, 0.717) is 0 Å². The maximum Gasteiger partial charge on any atom is 0.380 e. The van der Waals surface area contributed by atoms with Crippen molar-refractivity contribution in [2.24, 2.45) is 0 Å². The van der Waals surface area contributed by atoms with E-state index in [-0.39, 0.29) is 17.1 Å². The molecule has 94 valence electrons. The van der Waals surface area contributed by atoms with Crippen molar-refractivity contribution in [2.45, 2.75) is 0 Å². The predicted octanol–water partition coefficient (Wildman–Crippen LogP) is 1.43. The summed E-state index contributed by atoms with van der Waals surface area (Å²) >= 11 is 0. The van der Waals surface area contributed by atoms with Crippen molar-refractivity contribution in [3.63, 3.8) is 0 Å². The van der Waals surface area contributed by atoms with Gasteiger partial charge in [0.2, 0.25) is 0 Å².